The summed E-state index contributed by atoms with van der Waals surface area (Å²) >= 11 is 5.52. The molecule has 0 aliphatic heterocycles. The number of nitrogens with zero attached hydrogens (tertiary/aromatic N) is 1. The highest BCUT2D eigenvalue weighted by Crippen LogP contribution is 2.19. The van der Waals surface area contributed by atoms with Crippen LogP contribution in [0.25, 0.3) is 0 Å². The van der Waals surface area contributed by atoms with Crippen molar-refractivity contribution in [1.29, 1.82) is 0 Å². The summed E-state index contributed by atoms with van der Waals surface area (Å²) in [6, 6.07) is 5.61. The van der Waals surface area contributed by atoms with Crippen molar-refractivity contribution in [2.45, 2.75) is 19.3 Å². The van der Waals surface area contributed by atoms with Gasteiger partial charge in [0.15, 0.2) is 0 Å². The quantitative estimate of drug-likeness (QED) is 0.159. The van der Waals surface area contributed by atoms with Crippen LogP contribution in [0, 0.1) is 3.57 Å². The minimum absolute atomic E-state index is 0.103. The van der Waals surface area contributed by atoms with Gasteiger partial charge in [-0.15, -0.1) is 0 Å². The molecule has 0 saturated carbocycles. The molecule has 0 aromatic heterocycles. The van der Waals surface area contributed by atoms with Crippen LogP contribution in [0.15, 0.2) is 27.8 Å². The Kier molecular flexibility index (Phi) is 7.14. The molecule has 0 fully saturated rings. The topological polar surface area (TPSA) is 87.7 Å². The molecule has 1 rings (SSSR count). The van der Waals surface area contributed by atoms with Gasteiger partial charge in [0.2, 0.25) is 0 Å². The SMILES string of the molecule is N/C(CCCCNC(=O)c1cc(I)ccc1Br)=N/O. The third kappa shape index (κ3) is 5.77. The maximum Gasteiger partial charge on any atom is 0.252 e. The number of nitrogens with one attached hydrogen (secondary N) is 1. The molecule has 0 aliphatic carbocycles. The van der Waals surface area contributed by atoms with E-state index in [1.807, 2.05) is 18.2 Å². The van der Waals surface area contributed by atoms with E-state index in [-0.39, 0.29) is 11.7 Å². The van der Waals surface area contributed by atoms with Gasteiger partial charge in [-0.25, -0.2) is 0 Å². The van der Waals surface area contributed by atoms with Crippen LogP contribution in [0.4, 0.5) is 0 Å². The van der Waals surface area contributed by atoms with Crippen LogP contribution in [0.3, 0.4) is 0 Å². The van der Waals surface area contributed by atoms with Crippen LogP contribution < -0.4 is 11.1 Å². The average Bonchev–Trinajstić information content (AvgIpc) is 2.40. The van der Waals surface area contributed by atoms with Gasteiger partial charge in [-0.2, -0.15) is 0 Å². The molecule has 1 aromatic rings. The molecule has 0 saturated heterocycles. The van der Waals surface area contributed by atoms with E-state index in [9.17, 15) is 4.79 Å². The monoisotopic (exact) mass is 439 g/mol. The van der Waals surface area contributed by atoms with E-state index in [0.29, 0.717) is 18.5 Å². The van der Waals surface area contributed by atoms with Gasteiger partial charge < -0.3 is 16.3 Å². The van der Waals surface area contributed by atoms with Crippen molar-refractivity contribution >= 4 is 50.3 Å². The number of hydrogen-bond acceptors (Lipinski definition) is 3. The fourth-order valence-corrected chi connectivity index (χ4v) is 2.37. The number of rotatable bonds is 6. The van der Waals surface area contributed by atoms with Gasteiger partial charge in [-0.05, 0) is 69.6 Å². The summed E-state index contributed by atoms with van der Waals surface area (Å²) in [6.45, 7) is 0.565. The van der Waals surface area contributed by atoms with E-state index in [0.717, 1.165) is 20.9 Å². The Bertz CT molecular complexity index is 480. The number of amides is 1. The number of nitrogens with two attached hydrogens (primary N) is 1. The van der Waals surface area contributed by atoms with E-state index in [4.69, 9.17) is 10.9 Å². The lowest BCUT2D eigenvalue weighted by molar-refractivity contribution is 0.0952. The first-order valence-electron chi connectivity index (χ1n) is 5.74. The van der Waals surface area contributed by atoms with Crippen molar-refractivity contribution in [3.63, 3.8) is 0 Å². The highest BCUT2D eigenvalue weighted by Gasteiger charge is 2.09. The number of carbonyl (C=O) groups is 1. The molecule has 104 valence electrons. The zero-order valence-corrected chi connectivity index (χ0v) is 13.9. The van der Waals surface area contributed by atoms with Crippen molar-refractivity contribution in [3.05, 3.63) is 31.8 Å². The van der Waals surface area contributed by atoms with Gasteiger partial charge in [-0.3, -0.25) is 4.79 Å². The number of unbranched alkanes of at least 4 members (excludes halogenated alkanes) is 1. The maximum atomic E-state index is 11.9. The Morgan fingerprint density at radius 2 is 2.21 bits per heavy atom. The first kappa shape index (κ1) is 16.2. The summed E-state index contributed by atoms with van der Waals surface area (Å²) in [6.07, 6.45) is 2.08. The minimum Gasteiger partial charge on any atom is -0.409 e. The van der Waals surface area contributed by atoms with Crippen LogP contribution >= 0.6 is 38.5 Å². The van der Waals surface area contributed by atoms with Gasteiger partial charge >= 0.3 is 0 Å². The zero-order chi connectivity index (χ0) is 14.3. The van der Waals surface area contributed by atoms with Crippen molar-refractivity contribution in [1.82, 2.24) is 5.32 Å². The first-order chi connectivity index (χ1) is 9.04. The number of amidine groups is 1. The summed E-state index contributed by atoms with van der Waals surface area (Å²) in [5.41, 5.74) is 5.98. The molecule has 19 heavy (non-hydrogen) atoms. The standard InChI is InChI=1S/C12H15BrIN3O2/c13-10-5-4-8(14)7-9(10)12(18)16-6-2-1-3-11(15)17-19/h4-5,7,19H,1-3,6H2,(H2,15,17)(H,16,18). The van der Waals surface area contributed by atoms with Crippen molar-refractivity contribution in [2.75, 3.05) is 6.54 Å². The molecule has 0 unspecified atom stereocenters. The summed E-state index contributed by atoms with van der Waals surface area (Å²) < 4.78 is 1.79. The number of benzene rings is 1. The zero-order valence-electron chi connectivity index (χ0n) is 10.2. The summed E-state index contributed by atoms with van der Waals surface area (Å²) in [7, 11) is 0. The largest absolute Gasteiger partial charge is 0.409 e. The highest BCUT2D eigenvalue weighted by molar-refractivity contribution is 14.1. The van der Waals surface area contributed by atoms with Gasteiger partial charge in [0.05, 0.1) is 5.56 Å². The molecule has 0 radical (unpaired) electrons. The molecule has 0 heterocycles. The molecule has 5 nitrogen and oxygen atoms in total. The van der Waals surface area contributed by atoms with Crippen LogP contribution in [0.5, 0.6) is 0 Å². The van der Waals surface area contributed by atoms with Crippen molar-refractivity contribution in [3.8, 4) is 0 Å². The normalized spacial score (nSPS) is 11.4. The van der Waals surface area contributed by atoms with Crippen molar-refractivity contribution < 1.29 is 10.0 Å². The Labute approximate surface area is 133 Å². The third-order valence-corrected chi connectivity index (χ3v) is 3.81. The van der Waals surface area contributed by atoms with Gasteiger partial charge in [0.1, 0.15) is 5.84 Å². The molecule has 0 atom stereocenters. The summed E-state index contributed by atoms with van der Waals surface area (Å²) in [4.78, 5) is 11.9. The Morgan fingerprint density at radius 1 is 1.47 bits per heavy atom. The fraction of sp³-hybridized carbons (Fsp3) is 0.333. The molecule has 0 aliphatic rings. The average molecular weight is 440 g/mol. The molecule has 4 N–H and O–H groups in total. The molecular formula is C12H15BrIN3O2. The van der Waals surface area contributed by atoms with E-state index >= 15 is 0 Å². The second-order valence-electron chi connectivity index (χ2n) is 3.93. The molecular weight excluding hydrogens is 425 g/mol. The second-order valence-corrected chi connectivity index (χ2v) is 6.03. The predicted molar refractivity (Wildman–Crippen MR) is 86.5 cm³/mol. The Balaban J connectivity index is 2.37. The molecule has 0 bridgehead atoms. The van der Waals surface area contributed by atoms with Crippen LogP contribution in [-0.2, 0) is 0 Å². The van der Waals surface area contributed by atoms with E-state index in [1.165, 1.54) is 0 Å². The van der Waals surface area contributed by atoms with Gasteiger partial charge in [-0.1, -0.05) is 5.16 Å². The van der Waals surface area contributed by atoms with Crippen LogP contribution in [-0.4, -0.2) is 23.5 Å². The summed E-state index contributed by atoms with van der Waals surface area (Å²) in [5.74, 6) is 0.112. The molecule has 7 heteroatoms. The van der Waals surface area contributed by atoms with E-state index in [2.05, 4.69) is 49.0 Å². The van der Waals surface area contributed by atoms with Crippen molar-refractivity contribution in [2.24, 2.45) is 10.9 Å². The smallest absolute Gasteiger partial charge is 0.252 e. The second kappa shape index (κ2) is 8.36. The maximum absolute atomic E-state index is 11.9. The first-order valence-corrected chi connectivity index (χ1v) is 7.61. The van der Waals surface area contributed by atoms with Crippen LogP contribution in [0.2, 0.25) is 0 Å². The highest BCUT2D eigenvalue weighted by atomic mass is 127. The molecule has 0 spiro atoms. The number of carbonyl (C=O) groups excluding carboxylic acids is 1. The van der Waals surface area contributed by atoms with Gasteiger partial charge in [0, 0.05) is 21.0 Å². The number of hydrogen-bond donors (Lipinski definition) is 3. The Hall–Kier alpha value is -0.830. The van der Waals surface area contributed by atoms with Gasteiger partial charge in [0.25, 0.3) is 5.91 Å². The predicted octanol–water partition coefficient (Wildman–Crippen LogP) is 2.70. The summed E-state index contributed by atoms with van der Waals surface area (Å²) in [5, 5.41) is 14.1. The lowest BCUT2D eigenvalue weighted by Crippen LogP contribution is -2.25. The van der Waals surface area contributed by atoms with E-state index in [1.54, 1.807) is 0 Å². The number of oxime groups is 1. The Morgan fingerprint density at radius 3 is 2.89 bits per heavy atom. The lowest BCUT2D eigenvalue weighted by atomic mass is 10.2. The molecule has 1 aromatic carbocycles. The number of halogens is 2. The fourth-order valence-electron chi connectivity index (χ4n) is 1.45. The molecule has 1 amide bonds. The third-order valence-electron chi connectivity index (χ3n) is 2.45. The minimum atomic E-state index is -0.103. The van der Waals surface area contributed by atoms with Crippen LogP contribution in [0.1, 0.15) is 29.6 Å². The lowest BCUT2D eigenvalue weighted by Gasteiger charge is -2.07. The van der Waals surface area contributed by atoms with E-state index < -0.39 is 0 Å².